The van der Waals surface area contributed by atoms with Crippen molar-refractivity contribution < 1.29 is 14.3 Å². The number of hydrogen-bond acceptors (Lipinski definition) is 4. The van der Waals surface area contributed by atoms with E-state index in [1.807, 2.05) is 45.9 Å². The van der Waals surface area contributed by atoms with Crippen molar-refractivity contribution in [3.63, 3.8) is 0 Å². The van der Waals surface area contributed by atoms with E-state index >= 15 is 0 Å². The topological polar surface area (TPSA) is 80.6 Å². The van der Waals surface area contributed by atoms with Crippen molar-refractivity contribution in [3.8, 4) is 5.75 Å². The molecule has 7 heteroatoms. The Morgan fingerprint density at radius 3 is 2.55 bits per heavy atom. The first-order valence-electron chi connectivity index (χ1n) is 12.1. The zero-order chi connectivity index (χ0) is 22.8. The van der Waals surface area contributed by atoms with Crippen LogP contribution in [0.5, 0.6) is 5.75 Å². The van der Waals surface area contributed by atoms with Gasteiger partial charge in [0.25, 0.3) is 11.5 Å². The highest BCUT2D eigenvalue weighted by Crippen LogP contribution is 2.35. The monoisotopic (exact) mass is 449 g/mol. The van der Waals surface area contributed by atoms with E-state index in [-0.39, 0.29) is 41.7 Å². The van der Waals surface area contributed by atoms with Gasteiger partial charge in [-0.3, -0.25) is 14.4 Å². The summed E-state index contributed by atoms with van der Waals surface area (Å²) in [6, 6.07) is 13.0. The number of carbonyl (C=O) groups excluding carboxylic acids is 2. The molecule has 33 heavy (non-hydrogen) atoms. The number of ether oxygens (including phenoxy) is 1. The highest BCUT2D eigenvalue weighted by atomic mass is 16.5. The summed E-state index contributed by atoms with van der Waals surface area (Å²) in [6.45, 7) is 1.79. The molecule has 1 aromatic heterocycles. The van der Waals surface area contributed by atoms with E-state index in [4.69, 9.17) is 4.74 Å². The number of rotatable bonds is 5. The van der Waals surface area contributed by atoms with Gasteiger partial charge in [-0.25, -0.2) is 0 Å². The third-order valence-electron chi connectivity index (χ3n) is 7.30. The normalized spacial score (nSPS) is 22.4. The van der Waals surface area contributed by atoms with Gasteiger partial charge in [-0.15, -0.1) is 0 Å². The lowest BCUT2D eigenvalue weighted by Crippen LogP contribution is -2.50. The van der Waals surface area contributed by atoms with Crippen molar-refractivity contribution in [2.45, 2.75) is 51.0 Å². The molecule has 1 saturated carbocycles. The Morgan fingerprint density at radius 2 is 1.76 bits per heavy atom. The Kier molecular flexibility index (Phi) is 6.20. The van der Waals surface area contributed by atoms with Crippen LogP contribution in [-0.4, -0.2) is 41.0 Å². The number of aromatic nitrogens is 1. The quantitative estimate of drug-likeness (QED) is 0.759. The predicted octanol–water partition coefficient (Wildman–Crippen LogP) is 3.39. The number of carbonyl (C=O) groups is 2. The first-order chi connectivity index (χ1) is 16.1. The largest absolute Gasteiger partial charge is 0.484 e. The molecule has 5 rings (SSSR count). The molecule has 2 atom stereocenters. The van der Waals surface area contributed by atoms with Gasteiger partial charge in [-0.2, -0.15) is 0 Å². The molecule has 174 valence electrons. The van der Waals surface area contributed by atoms with Gasteiger partial charge in [0, 0.05) is 37.2 Å². The minimum atomic E-state index is -0.126. The van der Waals surface area contributed by atoms with Crippen LogP contribution < -0.4 is 15.6 Å². The number of benzene rings is 1. The van der Waals surface area contributed by atoms with Crippen molar-refractivity contribution in [2.24, 2.45) is 11.8 Å². The van der Waals surface area contributed by atoms with Gasteiger partial charge in [0.1, 0.15) is 11.4 Å². The van der Waals surface area contributed by atoms with Gasteiger partial charge in [-0.1, -0.05) is 37.5 Å². The fourth-order valence-corrected chi connectivity index (χ4v) is 5.60. The van der Waals surface area contributed by atoms with Crippen LogP contribution in [0.1, 0.15) is 50.1 Å². The third kappa shape index (κ3) is 4.68. The summed E-state index contributed by atoms with van der Waals surface area (Å²) < 4.78 is 7.46. The summed E-state index contributed by atoms with van der Waals surface area (Å²) in [5, 5.41) is 2.90. The van der Waals surface area contributed by atoms with Crippen LogP contribution in [0.4, 0.5) is 5.69 Å². The molecule has 7 nitrogen and oxygen atoms in total. The van der Waals surface area contributed by atoms with Crippen molar-refractivity contribution >= 4 is 17.5 Å². The van der Waals surface area contributed by atoms with Crippen molar-refractivity contribution in [2.75, 3.05) is 25.0 Å². The average molecular weight is 450 g/mol. The van der Waals surface area contributed by atoms with Crippen molar-refractivity contribution in [3.05, 3.63) is 58.5 Å². The second-order valence-corrected chi connectivity index (χ2v) is 9.61. The van der Waals surface area contributed by atoms with Gasteiger partial charge in [-0.05, 0) is 49.4 Å². The number of hydrogen-bond donors (Lipinski definition) is 1. The lowest BCUT2D eigenvalue weighted by molar-refractivity contribution is -0.136. The number of piperidine rings is 1. The van der Waals surface area contributed by atoms with E-state index in [1.54, 1.807) is 6.07 Å². The molecule has 3 aliphatic rings. The molecule has 2 unspecified atom stereocenters. The number of nitrogens with one attached hydrogen (secondary N) is 1. The first-order valence-corrected chi connectivity index (χ1v) is 12.1. The molecule has 2 fully saturated rings. The SMILES string of the molecule is O=C(Nc1ccc2n(c1=O)CC1CC2CN(C(=O)COc2ccccc2)C1)C1CCCCC1. The van der Waals surface area contributed by atoms with Crippen molar-refractivity contribution in [1.29, 1.82) is 0 Å². The maximum atomic E-state index is 13.2. The van der Waals surface area contributed by atoms with Crippen LogP contribution in [0.3, 0.4) is 0 Å². The van der Waals surface area contributed by atoms with Gasteiger partial charge < -0.3 is 19.5 Å². The minimum Gasteiger partial charge on any atom is -0.484 e. The smallest absolute Gasteiger partial charge is 0.274 e. The minimum absolute atomic E-state index is 0.0104. The molecule has 2 aliphatic heterocycles. The Morgan fingerprint density at radius 1 is 0.970 bits per heavy atom. The van der Waals surface area contributed by atoms with Gasteiger partial charge >= 0.3 is 0 Å². The second-order valence-electron chi connectivity index (χ2n) is 9.61. The van der Waals surface area contributed by atoms with Crippen molar-refractivity contribution in [1.82, 2.24) is 9.47 Å². The molecule has 2 aromatic rings. The molecule has 1 saturated heterocycles. The van der Waals surface area contributed by atoms with Gasteiger partial charge in [0.2, 0.25) is 5.91 Å². The fraction of sp³-hybridized carbons (Fsp3) is 0.500. The fourth-order valence-electron chi connectivity index (χ4n) is 5.60. The predicted molar refractivity (Wildman–Crippen MR) is 125 cm³/mol. The summed E-state index contributed by atoms with van der Waals surface area (Å²) in [6.07, 6.45) is 6.12. The lowest BCUT2D eigenvalue weighted by atomic mass is 9.83. The van der Waals surface area contributed by atoms with Crippen LogP contribution in [0.25, 0.3) is 0 Å². The number of likely N-dealkylation sites (tertiary alicyclic amines) is 1. The Bertz CT molecular complexity index is 1070. The Hall–Kier alpha value is -3.09. The first kappa shape index (κ1) is 21.7. The van der Waals surface area contributed by atoms with E-state index in [0.29, 0.717) is 31.1 Å². The molecule has 2 bridgehead atoms. The molecule has 1 aromatic carbocycles. The maximum Gasteiger partial charge on any atom is 0.274 e. The number of para-hydroxylation sites is 1. The summed E-state index contributed by atoms with van der Waals surface area (Å²) in [4.78, 5) is 40.5. The molecule has 1 aliphatic carbocycles. The number of pyridine rings is 1. The van der Waals surface area contributed by atoms with E-state index < -0.39 is 0 Å². The second kappa shape index (κ2) is 9.41. The Labute approximate surface area is 193 Å². The van der Waals surface area contributed by atoms with Crippen LogP contribution in [0, 0.1) is 11.8 Å². The zero-order valence-electron chi connectivity index (χ0n) is 18.9. The third-order valence-corrected chi connectivity index (χ3v) is 7.30. The summed E-state index contributed by atoms with van der Waals surface area (Å²) in [7, 11) is 0. The van der Waals surface area contributed by atoms with Crippen LogP contribution in [0.15, 0.2) is 47.3 Å². The highest BCUT2D eigenvalue weighted by Gasteiger charge is 2.37. The molecule has 0 spiro atoms. The molecule has 3 heterocycles. The number of fused-ring (bicyclic) bond motifs is 4. The van der Waals surface area contributed by atoms with E-state index in [2.05, 4.69) is 5.32 Å². The van der Waals surface area contributed by atoms with Crippen LogP contribution in [0.2, 0.25) is 0 Å². The standard InChI is InChI=1S/C26H31N3O4/c30-24(17-33-21-9-5-2-6-10-21)28-14-18-13-20(16-28)23-12-11-22(26(32)29(23)15-18)27-25(31)19-7-3-1-4-8-19/h2,5-6,9-12,18-20H,1,3-4,7-8,13-17H2,(H,27,31). The maximum absolute atomic E-state index is 13.2. The number of anilines is 1. The Balaban J connectivity index is 1.26. The molecular weight excluding hydrogens is 418 g/mol. The molecule has 2 amide bonds. The summed E-state index contributed by atoms with van der Waals surface area (Å²) in [5.74, 6) is 0.978. The summed E-state index contributed by atoms with van der Waals surface area (Å²) in [5.41, 5.74) is 1.20. The molecule has 0 radical (unpaired) electrons. The van der Waals surface area contributed by atoms with Gasteiger partial charge in [0.05, 0.1) is 0 Å². The average Bonchev–Trinajstić information content (AvgIpc) is 2.85. The highest BCUT2D eigenvalue weighted by molar-refractivity contribution is 5.92. The number of nitrogens with zero attached hydrogens (tertiary/aromatic N) is 2. The van der Waals surface area contributed by atoms with E-state index in [0.717, 1.165) is 37.8 Å². The zero-order valence-corrected chi connectivity index (χ0v) is 18.9. The number of amides is 2. The summed E-state index contributed by atoms with van der Waals surface area (Å²) >= 11 is 0. The van der Waals surface area contributed by atoms with E-state index in [9.17, 15) is 14.4 Å². The van der Waals surface area contributed by atoms with E-state index in [1.165, 1.54) is 6.42 Å². The molecular formula is C26H31N3O4. The lowest BCUT2D eigenvalue weighted by Gasteiger charge is -2.42. The van der Waals surface area contributed by atoms with Crippen LogP contribution >= 0.6 is 0 Å². The van der Waals surface area contributed by atoms with Crippen LogP contribution in [-0.2, 0) is 16.1 Å². The molecule has 1 N–H and O–H groups in total. The van der Waals surface area contributed by atoms with Gasteiger partial charge in [0.15, 0.2) is 6.61 Å².